The van der Waals surface area contributed by atoms with Crippen LogP contribution in [-0.2, 0) is 6.54 Å². The summed E-state index contributed by atoms with van der Waals surface area (Å²) in [5.41, 5.74) is 0.977. The first-order chi connectivity index (χ1) is 12.7. The molecule has 0 unspecified atom stereocenters. The normalized spacial score (nSPS) is 15.9. The molecule has 1 fully saturated rings. The molecule has 2 aromatic rings. The summed E-state index contributed by atoms with van der Waals surface area (Å²) in [6.07, 6.45) is 1.62. The van der Waals surface area contributed by atoms with Crippen LogP contribution >= 0.6 is 15.9 Å². The van der Waals surface area contributed by atoms with Crippen molar-refractivity contribution in [2.45, 2.75) is 6.54 Å². The summed E-state index contributed by atoms with van der Waals surface area (Å²) < 4.78 is 11.7. The summed E-state index contributed by atoms with van der Waals surface area (Å²) in [6, 6.07) is 9.77. The molecule has 1 aliphatic heterocycles. The van der Waals surface area contributed by atoms with Gasteiger partial charge in [-0.2, -0.15) is 0 Å². The number of nitrogens with zero attached hydrogens (tertiary/aromatic N) is 4. The van der Waals surface area contributed by atoms with Gasteiger partial charge in [0, 0.05) is 50.3 Å². The molecule has 0 radical (unpaired) electrons. The maximum atomic E-state index is 5.75. The molecule has 2 heterocycles. The highest BCUT2D eigenvalue weighted by Gasteiger charge is 2.20. The van der Waals surface area contributed by atoms with E-state index in [-0.39, 0.29) is 0 Å². The Morgan fingerprint density at radius 1 is 1.31 bits per heavy atom. The van der Waals surface area contributed by atoms with Crippen molar-refractivity contribution in [3.05, 3.63) is 46.8 Å². The molecule has 3 rings (SSSR count). The monoisotopic (exact) mass is 421 g/mol. The van der Waals surface area contributed by atoms with E-state index in [0.29, 0.717) is 13.2 Å². The third-order valence-electron chi connectivity index (χ3n) is 4.21. The van der Waals surface area contributed by atoms with Gasteiger partial charge in [0.15, 0.2) is 5.96 Å². The van der Waals surface area contributed by atoms with Gasteiger partial charge < -0.3 is 19.5 Å². The Morgan fingerprint density at radius 3 is 2.85 bits per heavy atom. The fourth-order valence-electron chi connectivity index (χ4n) is 2.89. The predicted octanol–water partition coefficient (Wildman–Crippen LogP) is 2.21. The van der Waals surface area contributed by atoms with Gasteiger partial charge in [-0.1, -0.05) is 27.2 Å². The van der Waals surface area contributed by atoms with Gasteiger partial charge in [-0.25, -0.2) is 0 Å². The van der Waals surface area contributed by atoms with E-state index in [0.717, 1.165) is 54.6 Å². The molecular formula is C18H24BrN5O2. The number of nitrogens with one attached hydrogen (secondary N) is 1. The Kier molecular flexibility index (Phi) is 6.90. The number of hydrogen-bond donors (Lipinski definition) is 1. The number of guanidine groups is 1. The van der Waals surface area contributed by atoms with E-state index < -0.39 is 0 Å². The van der Waals surface area contributed by atoms with Crippen LogP contribution in [0.15, 0.2) is 50.6 Å². The van der Waals surface area contributed by atoms with E-state index in [1.807, 2.05) is 37.4 Å². The van der Waals surface area contributed by atoms with Gasteiger partial charge >= 0.3 is 0 Å². The van der Waals surface area contributed by atoms with Crippen LogP contribution in [0.2, 0.25) is 0 Å². The lowest BCUT2D eigenvalue weighted by molar-refractivity contribution is 0.168. The summed E-state index contributed by atoms with van der Waals surface area (Å²) in [7, 11) is 1.82. The SMILES string of the molecule is CN=C(NCCOc1cccc(Br)c1)N1CCN(Cc2ccon2)CC1. The van der Waals surface area contributed by atoms with Crippen molar-refractivity contribution in [3.63, 3.8) is 0 Å². The molecule has 0 saturated carbocycles. The van der Waals surface area contributed by atoms with Gasteiger partial charge in [0.05, 0.1) is 12.2 Å². The zero-order valence-corrected chi connectivity index (χ0v) is 16.5. The largest absolute Gasteiger partial charge is 0.492 e. The van der Waals surface area contributed by atoms with Gasteiger partial charge in [-0.15, -0.1) is 0 Å². The molecule has 8 heteroatoms. The molecule has 0 bridgehead atoms. The van der Waals surface area contributed by atoms with E-state index in [2.05, 4.69) is 41.2 Å². The van der Waals surface area contributed by atoms with Crippen molar-refractivity contribution < 1.29 is 9.26 Å². The predicted molar refractivity (Wildman–Crippen MR) is 104 cm³/mol. The van der Waals surface area contributed by atoms with E-state index in [9.17, 15) is 0 Å². The van der Waals surface area contributed by atoms with Crippen molar-refractivity contribution >= 4 is 21.9 Å². The Balaban J connectivity index is 1.38. The summed E-state index contributed by atoms with van der Waals surface area (Å²) in [5, 5.41) is 7.36. The first-order valence-electron chi connectivity index (χ1n) is 8.70. The van der Waals surface area contributed by atoms with Crippen LogP contribution in [0, 0.1) is 0 Å². The second kappa shape index (κ2) is 9.59. The van der Waals surface area contributed by atoms with E-state index >= 15 is 0 Å². The van der Waals surface area contributed by atoms with Gasteiger partial charge in [-0.3, -0.25) is 9.89 Å². The zero-order chi connectivity index (χ0) is 18.2. The first kappa shape index (κ1) is 18.7. The molecule has 1 aromatic heterocycles. The Hall–Kier alpha value is -2.06. The highest BCUT2D eigenvalue weighted by Crippen LogP contribution is 2.17. The lowest BCUT2D eigenvalue weighted by Crippen LogP contribution is -2.52. The summed E-state index contributed by atoms with van der Waals surface area (Å²) in [5.74, 6) is 1.78. The molecular weight excluding hydrogens is 398 g/mol. The Labute approximate surface area is 162 Å². The summed E-state index contributed by atoms with van der Waals surface area (Å²) in [4.78, 5) is 9.04. The summed E-state index contributed by atoms with van der Waals surface area (Å²) in [6.45, 7) is 5.94. The molecule has 7 nitrogen and oxygen atoms in total. The number of rotatable bonds is 6. The average molecular weight is 422 g/mol. The maximum Gasteiger partial charge on any atom is 0.193 e. The van der Waals surface area contributed by atoms with Gasteiger partial charge in [0.2, 0.25) is 0 Å². The maximum absolute atomic E-state index is 5.75. The van der Waals surface area contributed by atoms with Crippen LogP contribution in [-0.4, -0.2) is 67.3 Å². The molecule has 0 spiro atoms. The van der Waals surface area contributed by atoms with Gasteiger partial charge in [0.1, 0.15) is 18.6 Å². The number of aliphatic imine (C=N–C) groups is 1. The molecule has 1 aliphatic rings. The highest BCUT2D eigenvalue weighted by atomic mass is 79.9. The van der Waals surface area contributed by atoms with Crippen LogP contribution in [0.3, 0.4) is 0 Å². The number of halogens is 1. The van der Waals surface area contributed by atoms with Crippen LogP contribution in [0.25, 0.3) is 0 Å². The van der Waals surface area contributed by atoms with Crippen LogP contribution in [0.5, 0.6) is 5.75 Å². The number of benzene rings is 1. The molecule has 140 valence electrons. The van der Waals surface area contributed by atoms with Crippen LogP contribution < -0.4 is 10.1 Å². The molecule has 0 aliphatic carbocycles. The fourth-order valence-corrected chi connectivity index (χ4v) is 3.27. The third-order valence-corrected chi connectivity index (χ3v) is 4.70. The molecule has 1 saturated heterocycles. The minimum absolute atomic E-state index is 0.585. The Morgan fingerprint density at radius 2 is 2.15 bits per heavy atom. The smallest absolute Gasteiger partial charge is 0.193 e. The third kappa shape index (κ3) is 5.47. The lowest BCUT2D eigenvalue weighted by atomic mass is 10.3. The van der Waals surface area contributed by atoms with Crippen LogP contribution in [0.4, 0.5) is 0 Å². The molecule has 26 heavy (non-hydrogen) atoms. The number of hydrogen-bond acceptors (Lipinski definition) is 5. The summed E-state index contributed by atoms with van der Waals surface area (Å²) >= 11 is 3.45. The standard InChI is InChI=1S/C18H24BrN5O2/c1-20-18(21-6-12-25-17-4-2-3-15(19)13-17)24-9-7-23(8-10-24)14-16-5-11-26-22-16/h2-5,11,13H,6-10,12,14H2,1H3,(H,20,21). The van der Waals surface area contributed by atoms with Crippen molar-refractivity contribution in [3.8, 4) is 5.75 Å². The first-order valence-corrected chi connectivity index (χ1v) is 9.49. The number of ether oxygens (including phenoxy) is 1. The topological polar surface area (TPSA) is 66.1 Å². The fraction of sp³-hybridized carbons (Fsp3) is 0.444. The van der Waals surface area contributed by atoms with Gasteiger partial charge in [-0.05, 0) is 18.2 Å². The van der Waals surface area contributed by atoms with Gasteiger partial charge in [0.25, 0.3) is 0 Å². The number of piperazine rings is 1. The molecule has 0 amide bonds. The quantitative estimate of drug-likeness (QED) is 0.438. The zero-order valence-electron chi connectivity index (χ0n) is 14.9. The van der Waals surface area contributed by atoms with Crippen molar-refractivity contribution in [2.24, 2.45) is 4.99 Å². The minimum atomic E-state index is 0.585. The van der Waals surface area contributed by atoms with Crippen LogP contribution in [0.1, 0.15) is 5.69 Å². The highest BCUT2D eigenvalue weighted by molar-refractivity contribution is 9.10. The number of aromatic nitrogens is 1. The van der Waals surface area contributed by atoms with Crippen molar-refractivity contribution in [2.75, 3.05) is 46.4 Å². The van der Waals surface area contributed by atoms with E-state index in [4.69, 9.17) is 9.26 Å². The van der Waals surface area contributed by atoms with E-state index in [1.165, 1.54) is 0 Å². The molecule has 1 N–H and O–H groups in total. The van der Waals surface area contributed by atoms with Crippen molar-refractivity contribution in [1.29, 1.82) is 0 Å². The minimum Gasteiger partial charge on any atom is -0.492 e. The molecule has 0 atom stereocenters. The second-order valence-electron chi connectivity index (χ2n) is 6.03. The Bertz CT molecular complexity index is 699. The molecule has 1 aromatic carbocycles. The van der Waals surface area contributed by atoms with E-state index in [1.54, 1.807) is 6.26 Å². The van der Waals surface area contributed by atoms with Crippen molar-refractivity contribution in [1.82, 2.24) is 20.3 Å². The second-order valence-corrected chi connectivity index (χ2v) is 6.95. The average Bonchev–Trinajstić information content (AvgIpc) is 3.16. The lowest BCUT2D eigenvalue weighted by Gasteiger charge is -2.36.